The number of nitrogens with two attached hydrogens (primary N) is 1. The zero-order valence-electron chi connectivity index (χ0n) is 10.8. The predicted octanol–water partition coefficient (Wildman–Crippen LogP) is 2.34. The van der Waals surface area contributed by atoms with Crippen molar-refractivity contribution in [2.24, 2.45) is 11.7 Å². The normalized spacial score (nSPS) is 21.1. The topological polar surface area (TPSA) is 38.0 Å². The molecule has 17 heavy (non-hydrogen) atoms. The average molecular weight is 232 g/mol. The summed E-state index contributed by atoms with van der Waals surface area (Å²) >= 11 is 0. The first-order valence-electron chi connectivity index (χ1n) is 6.72. The van der Waals surface area contributed by atoms with Gasteiger partial charge in [-0.05, 0) is 57.2 Å². The van der Waals surface area contributed by atoms with Gasteiger partial charge in [0.25, 0.3) is 0 Å². The molecule has 2 heteroatoms. The Morgan fingerprint density at radius 3 is 2.53 bits per heavy atom. The Hall–Kier alpha value is -0.860. The standard InChI is InChI=1S/C15H24N2/c1-15(16,14-8-11-17-12-9-14)10-7-13-5-3-2-4-6-13/h2-6,14,17H,7-12,16H2,1H3. The van der Waals surface area contributed by atoms with Crippen LogP contribution in [-0.2, 0) is 6.42 Å². The highest BCUT2D eigenvalue weighted by molar-refractivity contribution is 5.15. The van der Waals surface area contributed by atoms with E-state index in [1.54, 1.807) is 0 Å². The lowest BCUT2D eigenvalue weighted by atomic mass is 9.77. The van der Waals surface area contributed by atoms with Gasteiger partial charge in [-0.25, -0.2) is 0 Å². The molecule has 0 aromatic heterocycles. The third kappa shape index (κ3) is 3.55. The van der Waals surface area contributed by atoms with E-state index in [0.29, 0.717) is 5.92 Å². The summed E-state index contributed by atoms with van der Waals surface area (Å²) in [5, 5.41) is 3.41. The summed E-state index contributed by atoms with van der Waals surface area (Å²) in [5.41, 5.74) is 7.90. The fourth-order valence-electron chi connectivity index (χ4n) is 2.74. The molecule has 1 heterocycles. The second-order valence-electron chi connectivity index (χ2n) is 5.52. The third-order valence-corrected chi connectivity index (χ3v) is 4.07. The summed E-state index contributed by atoms with van der Waals surface area (Å²) in [6, 6.07) is 10.7. The highest BCUT2D eigenvalue weighted by Gasteiger charge is 2.30. The molecule has 1 saturated heterocycles. The summed E-state index contributed by atoms with van der Waals surface area (Å²) in [6.07, 6.45) is 4.63. The molecule has 2 nitrogen and oxygen atoms in total. The summed E-state index contributed by atoms with van der Waals surface area (Å²) in [6.45, 7) is 4.48. The summed E-state index contributed by atoms with van der Waals surface area (Å²) < 4.78 is 0. The van der Waals surface area contributed by atoms with Crippen LogP contribution in [0.5, 0.6) is 0 Å². The SMILES string of the molecule is CC(N)(CCc1ccccc1)C1CCNCC1. The molecule has 2 rings (SSSR count). The molecule has 3 N–H and O–H groups in total. The van der Waals surface area contributed by atoms with E-state index in [2.05, 4.69) is 42.6 Å². The molecule has 1 aliphatic rings. The Morgan fingerprint density at radius 1 is 1.24 bits per heavy atom. The van der Waals surface area contributed by atoms with Crippen LogP contribution in [0.1, 0.15) is 31.7 Å². The van der Waals surface area contributed by atoms with E-state index in [9.17, 15) is 0 Å². The molecule has 1 fully saturated rings. The molecule has 0 spiro atoms. The van der Waals surface area contributed by atoms with Crippen LogP contribution in [0.15, 0.2) is 30.3 Å². The van der Waals surface area contributed by atoms with Crippen LogP contribution in [0.25, 0.3) is 0 Å². The van der Waals surface area contributed by atoms with Crippen LogP contribution in [0, 0.1) is 5.92 Å². The van der Waals surface area contributed by atoms with Crippen molar-refractivity contribution in [1.82, 2.24) is 5.32 Å². The molecule has 1 unspecified atom stereocenters. The lowest BCUT2D eigenvalue weighted by Crippen LogP contribution is -2.48. The number of piperidine rings is 1. The molecule has 0 aliphatic carbocycles. The number of aryl methyl sites for hydroxylation is 1. The molecule has 0 saturated carbocycles. The van der Waals surface area contributed by atoms with E-state index in [1.807, 2.05) is 0 Å². The van der Waals surface area contributed by atoms with Gasteiger partial charge in [-0.15, -0.1) is 0 Å². The smallest absolute Gasteiger partial charge is 0.0158 e. The molecule has 94 valence electrons. The Balaban J connectivity index is 1.88. The molecule has 0 radical (unpaired) electrons. The van der Waals surface area contributed by atoms with Crippen molar-refractivity contribution in [1.29, 1.82) is 0 Å². The minimum atomic E-state index is -0.0159. The van der Waals surface area contributed by atoms with Gasteiger partial charge >= 0.3 is 0 Å². The quantitative estimate of drug-likeness (QED) is 0.836. The van der Waals surface area contributed by atoms with Crippen molar-refractivity contribution in [2.45, 2.75) is 38.1 Å². The van der Waals surface area contributed by atoms with Crippen LogP contribution in [-0.4, -0.2) is 18.6 Å². The maximum absolute atomic E-state index is 6.51. The van der Waals surface area contributed by atoms with Gasteiger partial charge in [-0.2, -0.15) is 0 Å². The monoisotopic (exact) mass is 232 g/mol. The van der Waals surface area contributed by atoms with E-state index in [1.165, 1.54) is 18.4 Å². The second-order valence-corrected chi connectivity index (χ2v) is 5.52. The van der Waals surface area contributed by atoms with E-state index < -0.39 is 0 Å². The van der Waals surface area contributed by atoms with E-state index in [0.717, 1.165) is 25.9 Å². The number of benzene rings is 1. The zero-order valence-corrected chi connectivity index (χ0v) is 10.8. The van der Waals surface area contributed by atoms with Gasteiger partial charge in [-0.1, -0.05) is 30.3 Å². The van der Waals surface area contributed by atoms with Crippen molar-refractivity contribution >= 4 is 0 Å². The maximum Gasteiger partial charge on any atom is 0.0158 e. The first-order chi connectivity index (χ1) is 8.18. The van der Waals surface area contributed by atoms with Crippen molar-refractivity contribution in [3.8, 4) is 0 Å². The van der Waals surface area contributed by atoms with Crippen LogP contribution >= 0.6 is 0 Å². The fraction of sp³-hybridized carbons (Fsp3) is 0.600. The number of rotatable bonds is 4. The number of hydrogen-bond acceptors (Lipinski definition) is 2. The molecule has 1 aromatic rings. The number of nitrogens with one attached hydrogen (secondary N) is 1. The molecule has 1 aromatic carbocycles. The van der Waals surface area contributed by atoms with Crippen molar-refractivity contribution in [2.75, 3.05) is 13.1 Å². The van der Waals surface area contributed by atoms with Crippen LogP contribution < -0.4 is 11.1 Å². The Morgan fingerprint density at radius 2 is 1.88 bits per heavy atom. The average Bonchev–Trinajstić information content (AvgIpc) is 2.39. The van der Waals surface area contributed by atoms with Gasteiger partial charge in [-0.3, -0.25) is 0 Å². The molecule has 1 atom stereocenters. The van der Waals surface area contributed by atoms with Crippen LogP contribution in [0.3, 0.4) is 0 Å². The van der Waals surface area contributed by atoms with Crippen LogP contribution in [0.2, 0.25) is 0 Å². The molecule has 0 bridgehead atoms. The molecule has 0 amide bonds. The van der Waals surface area contributed by atoms with E-state index >= 15 is 0 Å². The Labute approximate surface area is 105 Å². The first-order valence-corrected chi connectivity index (χ1v) is 6.72. The molecule has 1 aliphatic heterocycles. The Kier molecular flexibility index (Phi) is 4.19. The zero-order chi connectivity index (χ0) is 12.1. The third-order valence-electron chi connectivity index (χ3n) is 4.07. The first kappa shape index (κ1) is 12.6. The van der Waals surface area contributed by atoms with Gasteiger partial charge in [0.15, 0.2) is 0 Å². The maximum atomic E-state index is 6.51. The largest absolute Gasteiger partial charge is 0.325 e. The second kappa shape index (κ2) is 5.65. The van der Waals surface area contributed by atoms with E-state index in [-0.39, 0.29) is 5.54 Å². The van der Waals surface area contributed by atoms with Gasteiger partial charge in [0.05, 0.1) is 0 Å². The van der Waals surface area contributed by atoms with Crippen molar-refractivity contribution in [3.05, 3.63) is 35.9 Å². The van der Waals surface area contributed by atoms with E-state index in [4.69, 9.17) is 5.73 Å². The van der Waals surface area contributed by atoms with Crippen molar-refractivity contribution in [3.63, 3.8) is 0 Å². The predicted molar refractivity (Wildman–Crippen MR) is 72.9 cm³/mol. The number of hydrogen-bond donors (Lipinski definition) is 2. The van der Waals surface area contributed by atoms with Gasteiger partial charge in [0.1, 0.15) is 0 Å². The van der Waals surface area contributed by atoms with Gasteiger partial charge < -0.3 is 11.1 Å². The summed E-state index contributed by atoms with van der Waals surface area (Å²) in [7, 11) is 0. The molecular weight excluding hydrogens is 208 g/mol. The lowest BCUT2D eigenvalue weighted by Gasteiger charge is -2.37. The highest BCUT2D eigenvalue weighted by Crippen LogP contribution is 2.27. The highest BCUT2D eigenvalue weighted by atomic mass is 14.9. The van der Waals surface area contributed by atoms with Crippen LogP contribution in [0.4, 0.5) is 0 Å². The minimum absolute atomic E-state index is 0.0159. The summed E-state index contributed by atoms with van der Waals surface area (Å²) in [4.78, 5) is 0. The summed E-state index contributed by atoms with van der Waals surface area (Å²) in [5.74, 6) is 0.674. The van der Waals surface area contributed by atoms with Gasteiger partial charge in [0.2, 0.25) is 0 Å². The molecular formula is C15H24N2. The Bertz CT molecular complexity index is 326. The van der Waals surface area contributed by atoms with Gasteiger partial charge in [0, 0.05) is 5.54 Å². The fourth-order valence-corrected chi connectivity index (χ4v) is 2.74. The minimum Gasteiger partial charge on any atom is -0.325 e. The lowest BCUT2D eigenvalue weighted by molar-refractivity contribution is 0.220. The van der Waals surface area contributed by atoms with Crippen molar-refractivity contribution < 1.29 is 0 Å².